The van der Waals surface area contributed by atoms with E-state index in [0.717, 1.165) is 16.5 Å². The lowest BCUT2D eigenvalue weighted by Crippen LogP contribution is -1.85. The van der Waals surface area contributed by atoms with E-state index >= 15 is 0 Å². The molecule has 5 heteroatoms. The third-order valence-electron chi connectivity index (χ3n) is 2.92. The van der Waals surface area contributed by atoms with Crippen LogP contribution >= 0.6 is 23.2 Å². The van der Waals surface area contributed by atoms with Crippen LogP contribution in [0, 0.1) is 11.3 Å². The van der Waals surface area contributed by atoms with Crippen LogP contribution in [0.5, 0.6) is 0 Å². The van der Waals surface area contributed by atoms with Gasteiger partial charge in [-0.05, 0) is 23.8 Å². The van der Waals surface area contributed by atoms with E-state index in [9.17, 15) is 0 Å². The van der Waals surface area contributed by atoms with Crippen LogP contribution in [0.2, 0.25) is 10.0 Å². The van der Waals surface area contributed by atoms with E-state index in [0.29, 0.717) is 21.3 Å². The largest absolute Gasteiger partial charge is 0.345 e. The maximum Gasteiger partial charge on any atom is 0.139 e. The molecule has 0 saturated carbocycles. The first-order valence-corrected chi connectivity index (χ1v) is 6.28. The van der Waals surface area contributed by atoms with Crippen molar-refractivity contribution in [2.24, 2.45) is 0 Å². The van der Waals surface area contributed by atoms with Crippen LogP contribution in [0.3, 0.4) is 0 Å². The molecule has 92 valence electrons. The van der Waals surface area contributed by atoms with E-state index in [-0.39, 0.29) is 0 Å². The van der Waals surface area contributed by atoms with Gasteiger partial charge < -0.3 is 4.98 Å². The Kier molecular flexibility index (Phi) is 2.90. The third kappa shape index (κ3) is 1.95. The summed E-state index contributed by atoms with van der Waals surface area (Å²) < 4.78 is 0. The van der Waals surface area contributed by atoms with E-state index < -0.39 is 0 Å². The highest BCUT2D eigenvalue weighted by atomic mass is 35.5. The summed E-state index contributed by atoms with van der Waals surface area (Å²) >= 11 is 12.1. The number of aromatic nitrogens is 2. The van der Waals surface area contributed by atoms with Crippen LogP contribution in [0.4, 0.5) is 0 Å². The number of fused-ring (bicyclic) bond motifs is 1. The van der Waals surface area contributed by atoms with E-state index in [4.69, 9.17) is 28.5 Å². The Morgan fingerprint density at radius 2 is 2.00 bits per heavy atom. The predicted molar refractivity (Wildman–Crippen MR) is 76.3 cm³/mol. The van der Waals surface area contributed by atoms with Gasteiger partial charge in [0.15, 0.2) is 0 Å². The van der Waals surface area contributed by atoms with Crippen molar-refractivity contribution in [2.75, 3.05) is 0 Å². The van der Waals surface area contributed by atoms with Gasteiger partial charge in [-0.3, -0.25) is 0 Å². The number of benzene rings is 1. The second kappa shape index (κ2) is 4.58. The lowest BCUT2D eigenvalue weighted by molar-refractivity contribution is 1.32. The number of H-pyrrole nitrogens is 1. The third-order valence-corrected chi connectivity index (χ3v) is 3.46. The highest BCUT2D eigenvalue weighted by Gasteiger charge is 2.13. The molecule has 0 saturated heterocycles. The van der Waals surface area contributed by atoms with Gasteiger partial charge in [-0.15, -0.1) is 0 Å². The molecule has 0 amide bonds. The van der Waals surface area contributed by atoms with Gasteiger partial charge in [-0.25, -0.2) is 4.98 Å². The lowest BCUT2D eigenvalue weighted by atomic mass is 10.0. The zero-order valence-corrected chi connectivity index (χ0v) is 11.1. The number of hydrogen-bond acceptors (Lipinski definition) is 2. The molecule has 0 radical (unpaired) electrons. The minimum atomic E-state index is 0.545. The van der Waals surface area contributed by atoms with E-state index in [2.05, 4.69) is 16.0 Å². The molecule has 3 rings (SSSR count). The molecular weight excluding hydrogens is 281 g/mol. The number of halogens is 2. The monoisotopic (exact) mass is 287 g/mol. The maximum atomic E-state index is 9.16. The van der Waals surface area contributed by atoms with Gasteiger partial charge in [0, 0.05) is 33.4 Å². The Hall–Kier alpha value is -2.02. The van der Waals surface area contributed by atoms with Crippen molar-refractivity contribution < 1.29 is 0 Å². The molecule has 2 aromatic heterocycles. The van der Waals surface area contributed by atoms with Gasteiger partial charge in [-0.1, -0.05) is 29.3 Å². The standard InChI is InChI=1S/C14H7Cl2N3/c15-9-1-2-10(12(16)5-9)11-3-4-18-14-13(11)8(6-17)7-19-14/h1-5,7H,(H,18,19). The van der Waals surface area contributed by atoms with Crippen LogP contribution in [0.15, 0.2) is 36.7 Å². The van der Waals surface area contributed by atoms with E-state index in [1.165, 1.54) is 0 Å². The van der Waals surface area contributed by atoms with Crippen molar-refractivity contribution in [3.8, 4) is 17.2 Å². The zero-order valence-electron chi connectivity index (χ0n) is 9.61. The van der Waals surface area contributed by atoms with Crippen molar-refractivity contribution in [2.45, 2.75) is 0 Å². The lowest BCUT2D eigenvalue weighted by Gasteiger charge is -2.06. The minimum Gasteiger partial charge on any atom is -0.345 e. The number of rotatable bonds is 1. The summed E-state index contributed by atoms with van der Waals surface area (Å²) in [4.78, 5) is 7.18. The summed E-state index contributed by atoms with van der Waals surface area (Å²) in [7, 11) is 0. The molecule has 0 aliphatic carbocycles. The van der Waals surface area contributed by atoms with Crippen molar-refractivity contribution >= 4 is 34.2 Å². The van der Waals surface area contributed by atoms with Gasteiger partial charge in [0.25, 0.3) is 0 Å². The molecule has 0 aliphatic rings. The Morgan fingerprint density at radius 1 is 1.16 bits per heavy atom. The predicted octanol–water partition coefficient (Wildman–Crippen LogP) is 4.41. The Bertz CT molecular complexity index is 815. The number of aromatic amines is 1. The summed E-state index contributed by atoms with van der Waals surface area (Å²) in [5.41, 5.74) is 2.91. The molecule has 0 aliphatic heterocycles. The highest BCUT2D eigenvalue weighted by molar-refractivity contribution is 6.36. The van der Waals surface area contributed by atoms with Gasteiger partial charge in [0.2, 0.25) is 0 Å². The number of hydrogen-bond donors (Lipinski definition) is 1. The molecule has 0 fully saturated rings. The Morgan fingerprint density at radius 3 is 2.74 bits per heavy atom. The average molecular weight is 288 g/mol. The van der Waals surface area contributed by atoms with Gasteiger partial charge >= 0.3 is 0 Å². The van der Waals surface area contributed by atoms with Gasteiger partial charge in [-0.2, -0.15) is 5.26 Å². The van der Waals surface area contributed by atoms with Crippen LogP contribution < -0.4 is 0 Å². The normalized spacial score (nSPS) is 10.6. The van der Waals surface area contributed by atoms with Crippen LogP contribution in [0.1, 0.15) is 5.56 Å². The molecule has 3 aromatic rings. The first-order valence-electron chi connectivity index (χ1n) is 5.52. The molecule has 0 unspecified atom stereocenters. The second-order valence-electron chi connectivity index (χ2n) is 4.02. The number of nitrogens with one attached hydrogen (secondary N) is 1. The second-order valence-corrected chi connectivity index (χ2v) is 4.86. The number of pyridine rings is 1. The molecule has 1 aromatic carbocycles. The summed E-state index contributed by atoms with van der Waals surface area (Å²) in [6.07, 6.45) is 3.32. The Labute approximate surface area is 119 Å². The van der Waals surface area contributed by atoms with Crippen LogP contribution in [-0.2, 0) is 0 Å². The molecular formula is C14H7Cl2N3. The van der Waals surface area contributed by atoms with Crippen molar-refractivity contribution in [3.63, 3.8) is 0 Å². The van der Waals surface area contributed by atoms with Gasteiger partial charge in [0.1, 0.15) is 11.7 Å². The molecule has 3 nitrogen and oxygen atoms in total. The smallest absolute Gasteiger partial charge is 0.139 e. The van der Waals surface area contributed by atoms with E-state index in [1.807, 2.05) is 12.1 Å². The highest BCUT2D eigenvalue weighted by Crippen LogP contribution is 2.35. The first-order chi connectivity index (χ1) is 9.20. The number of nitriles is 1. The molecule has 2 heterocycles. The summed E-state index contributed by atoms with van der Waals surface area (Å²) in [5.74, 6) is 0. The SMILES string of the molecule is N#Cc1c[nH]c2nccc(-c3ccc(Cl)cc3Cl)c12. The Balaban J connectivity index is 2.36. The zero-order chi connectivity index (χ0) is 13.4. The summed E-state index contributed by atoms with van der Waals surface area (Å²) in [6.45, 7) is 0. The molecule has 1 N–H and O–H groups in total. The minimum absolute atomic E-state index is 0.545. The summed E-state index contributed by atoms with van der Waals surface area (Å²) in [6, 6.07) is 9.29. The quantitative estimate of drug-likeness (QED) is 0.721. The molecule has 0 bridgehead atoms. The fourth-order valence-electron chi connectivity index (χ4n) is 2.08. The number of nitrogens with zero attached hydrogens (tertiary/aromatic N) is 2. The fourth-order valence-corrected chi connectivity index (χ4v) is 2.59. The average Bonchev–Trinajstić information content (AvgIpc) is 2.82. The molecule has 0 spiro atoms. The van der Waals surface area contributed by atoms with Crippen molar-refractivity contribution in [1.82, 2.24) is 9.97 Å². The fraction of sp³-hybridized carbons (Fsp3) is 0. The first kappa shape index (κ1) is 12.0. The van der Waals surface area contributed by atoms with Crippen LogP contribution in [0.25, 0.3) is 22.2 Å². The molecule has 19 heavy (non-hydrogen) atoms. The van der Waals surface area contributed by atoms with E-state index in [1.54, 1.807) is 24.5 Å². The van der Waals surface area contributed by atoms with Crippen molar-refractivity contribution in [3.05, 3.63) is 52.3 Å². The topological polar surface area (TPSA) is 52.5 Å². The van der Waals surface area contributed by atoms with Gasteiger partial charge in [0.05, 0.1) is 5.56 Å². The maximum absolute atomic E-state index is 9.16. The summed E-state index contributed by atoms with van der Waals surface area (Å²) in [5, 5.41) is 11.1. The molecule has 0 atom stereocenters. The van der Waals surface area contributed by atoms with Crippen molar-refractivity contribution in [1.29, 1.82) is 5.26 Å². The van der Waals surface area contributed by atoms with Crippen LogP contribution in [-0.4, -0.2) is 9.97 Å².